The molecule has 114 valence electrons. The Hall–Kier alpha value is -2.63. The molecule has 0 aromatic heterocycles. The van der Waals surface area contributed by atoms with Gasteiger partial charge in [0, 0.05) is 11.5 Å². The second-order valence-electron chi connectivity index (χ2n) is 5.51. The number of ether oxygens (including phenoxy) is 1. The standard InChI is InChI=1S/C16H16N2O4/c1-3-13(18-8-17-2)22-9-4-5-12(19)10(6-9)14-11-7-16(11,14)15(20)21/h3-6,8,11,14,19H,2,7H2,1H3,(H,20,21)/b13-3+,18-8?/t11-,14+,16-/m0/s1. The van der Waals surface area contributed by atoms with Crippen LogP contribution in [0.15, 0.2) is 40.1 Å². The number of carbonyl (C=O) groups is 1. The lowest BCUT2D eigenvalue weighted by Crippen LogP contribution is -2.10. The van der Waals surface area contributed by atoms with Crippen LogP contribution in [0.4, 0.5) is 0 Å². The van der Waals surface area contributed by atoms with E-state index >= 15 is 0 Å². The largest absolute Gasteiger partial charge is 0.508 e. The van der Waals surface area contributed by atoms with Gasteiger partial charge in [0.2, 0.25) is 5.88 Å². The summed E-state index contributed by atoms with van der Waals surface area (Å²) in [6.45, 7) is 5.07. The van der Waals surface area contributed by atoms with Crippen LogP contribution < -0.4 is 4.74 Å². The summed E-state index contributed by atoms with van der Waals surface area (Å²) in [5.74, 6) is 0.163. The van der Waals surface area contributed by atoms with Crippen molar-refractivity contribution in [2.24, 2.45) is 21.3 Å². The maximum Gasteiger partial charge on any atom is 0.310 e. The number of benzene rings is 1. The molecule has 6 nitrogen and oxygen atoms in total. The van der Waals surface area contributed by atoms with Gasteiger partial charge in [-0.05, 0) is 50.3 Å². The van der Waals surface area contributed by atoms with Crippen LogP contribution in [0, 0.1) is 11.3 Å². The number of hydrogen-bond donors (Lipinski definition) is 2. The van der Waals surface area contributed by atoms with Gasteiger partial charge in [0.05, 0.1) is 5.41 Å². The molecular formula is C16H16N2O4. The van der Waals surface area contributed by atoms with Crippen molar-refractivity contribution >= 4 is 19.0 Å². The van der Waals surface area contributed by atoms with Crippen molar-refractivity contribution in [3.05, 3.63) is 35.7 Å². The van der Waals surface area contributed by atoms with Crippen molar-refractivity contribution in [3.8, 4) is 11.5 Å². The first kappa shape index (κ1) is 14.3. The first-order valence-electron chi connectivity index (χ1n) is 6.93. The summed E-state index contributed by atoms with van der Waals surface area (Å²) in [4.78, 5) is 18.8. The third-order valence-electron chi connectivity index (χ3n) is 4.38. The number of phenols is 1. The van der Waals surface area contributed by atoms with Crippen molar-refractivity contribution in [1.29, 1.82) is 0 Å². The van der Waals surface area contributed by atoms with Gasteiger partial charge in [-0.2, -0.15) is 0 Å². The molecule has 0 bridgehead atoms. The van der Waals surface area contributed by atoms with E-state index in [0.717, 1.165) is 0 Å². The van der Waals surface area contributed by atoms with Gasteiger partial charge >= 0.3 is 5.97 Å². The number of hydrogen-bond acceptors (Lipinski definition) is 4. The molecule has 0 amide bonds. The lowest BCUT2D eigenvalue weighted by molar-refractivity contribution is -0.141. The number of fused-ring (bicyclic) bond motifs is 1. The van der Waals surface area contributed by atoms with Crippen molar-refractivity contribution < 1.29 is 19.7 Å². The molecule has 0 saturated heterocycles. The molecule has 22 heavy (non-hydrogen) atoms. The molecule has 1 aromatic rings. The van der Waals surface area contributed by atoms with E-state index in [0.29, 0.717) is 23.6 Å². The Morgan fingerprint density at radius 3 is 2.86 bits per heavy atom. The molecule has 2 fully saturated rings. The summed E-state index contributed by atoms with van der Waals surface area (Å²) in [7, 11) is 0. The molecule has 2 aliphatic rings. The fourth-order valence-corrected chi connectivity index (χ4v) is 3.00. The Kier molecular flexibility index (Phi) is 3.24. The Labute approximate surface area is 127 Å². The molecule has 2 aliphatic carbocycles. The van der Waals surface area contributed by atoms with E-state index in [4.69, 9.17) is 4.74 Å². The normalized spacial score (nSPS) is 29.0. The monoisotopic (exact) mass is 300 g/mol. The smallest absolute Gasteiger partial charge is 0.310 e. The van der Waals surface area contributed by atoms with Gasteiger partial charge in [0.1, 0.15) is 17.8 Å². The summed E-state index contributed by atoms with van der Waals surface area (Å²) in [6, 6.07) is 4.80. The topological polar surface area (TPSA) is 91.5 Å². The predicted molar refractivity (Wildman–Crippen MR) is 81.4 cm³/mol. The lowest BCUT2D eigenvalue weighted by atomic mass is 9.96. The van der Waals surface area contributed by atoms with Gasteiger partial charge in [0.15, 0.2) is 0 Å². The summed E-state index contributed by atoms with van der Waals surface area (Å²) in [5, 5.41) is 19.3. The third kappa shape index (κ3) is 2.07. The molecule has 1 aromatic carbocycles. The average molecular weight is 300 g/mol. The van der Waals surface area contributed by atoms with E-state index in [1.807, 2.05) is 0 Å². The molecule has 0 radical (unpaired) electrons. The Morgan fingerprint density at radius 2 is 2.32 bits per heavy atom. The van der Waals surface area contributed by atoms with Gasteiger partial charge in [-0.25, -0.2) is 4.99 Å². The molecule has 0 spiro atoms. The van der Waals surface area contributed by atoms with E-state index in [1.165, 1.54) is 12.4 Å². The van der Waals surface area contributed by atoms with Crippen molar-refractivity contribution in [2.45, 2.75) is 19.3 Å². The van der Waals surface area contributed by atoms with E-state index < -0.39 is 11.4 Å². The Balaban J connectivity index is 1.81. The van der Waals surface area contributed by atoms with Crippen LogP contribution in [0.2, 0.25) is 0 Å². The number of aliphatic imine (C=N–C) groups is 2. The van der Waals surface area contributed by atoms with E-state index in [-0.39, 0.29) is 17.6 Å². The molecule has 0 aliphatic heterocycles. The van der Waals surface area contributed by atoms with Crippen LogP contribution in [0.1, 0.15) is 24.8 Å². The van der Waals surface area contributed by atoms with Crippen molar-refractivity contribution in [1.82, 2.24) is 0 Å². The number of allylic oxidation sites excluding steroid dienone is 1. The number of phenolic OH excluding ortho intramolecular Hbond substituents is 1. The quantitative estimate of drug-likeness (QED) is 0.480. The van der Waals surface area contributed by atoms with Crippen LogP contribution in [-0.2, 0) is 4.79 Å². The zero-order valence-electron chi connectivity index (χ0n) is 12.1. The minimum atomic E-state index is -0.788. The van der Waals surface area contributed by atoms with Gasteiger partial charge < -0.3 is 14.9 Å². The molecule has 0 unspecified atom stereocenters. The summed E-state index contributed by atoms with van der Waals surface area (Å²) in [5.41, 5.74) is -0.0396. The molecule has 2 saturated carbocycles. The van der Waals surface area contributed by atoms with E-state index in [1.54, 1.807) is 25.1 Å². The van der Waals surface area contributed by atoms with Crippen molar-refractivity contribution in [2.75, 3.05) is 0 Å². The number of rotatable bonds is 6. The molecule has 2 N–H and O–H groups in total. The van der Waals surface area contributed by atoms with Gasteiger partial charge in [-0.15, -0.1) is 0 Å². The minimum absolute atomic E-state index is 0.100. The van der Waals surface area contributed by atoms with Gasteiger partial charge in [0.25, 0.3) is 0 Å². The first-order valence-corrected chi connectivity index (χ1v) is 6.93. The zero-order valence-corrected chi connectivity index (χ0v) is 12.1. The fourth-order valence-electron chi connectivity index (χ4n) is 3.00. The van der Waals surface area contributed by atoms with Crippen LogP contribution in [-0.4, -0.2) is 29.2 Å². The zero-order chi connectivity index (χ0) is 15.9. The molecule has 0 heterocycles. The fraction of sp³-hybridized carbons (Fsp3) is 0.312. The van der Waals surface area contributed by atoms with Gasteiger partial charge in [-0.3, -0.25) is 9.79 Å². The molecule has 3 atom stereocenters. The van der Waals surface area contributed by atoms with E-state index in [2.05, 4.69) is 16.7 Å². The minimum Gasteiger partial charge on any atom is -0.508 e. The molecule has 3 rings (SSSR count). The van der Waals surface area contributed by atoms with Crippen LogP contribution in [0.5, 0.6) is 11.5 Å². The second kappa shape index (κ2) is 4.98. The molecule has 6 heteroatoms. The first-order chi connectivity index (χ1) is 10.5. The Morgan fingerprint density at radius 1 is 1.55 bits per heavy atom. The number of aromatic hydroxyl groups is 1. The lowest BCUT2D eigenvalue weighted by Gasteiger charge is -2.13. The van der Waals surface area contributed by atoms with Crippen LogP contribution >= 0.6 is 0 Å². The molecular weight excluding hydrogens is 284 g/mol. The van der Waals surface area contributed by atoms with Crippen LogP contribution in [0.25, 0.3) is 0 Å². The van der Waals surface area contributed by atoms with Crippen LogP contribution in [0.3, 0.4) is 0 Å². The highest BCUT2D eigenvalue weighted by Gasteiger charge is 2.84. The summed E-state index contributed by atoms with van der Waals surface area (Å²) in [6.07, 6.45) is 3.63. The summed E-state index contributed by atoms with van der Waals surface area (Å²) < 4.78 is 5.60. The maximum absolute atomic E-state index is 11.3. The second-order valence-corrected chi connectivity index (χ2v) is 5.51. The number of aliphatic carboxylic acids is 1. The highest BCUT2D eigenvalue weighted by molar-refractivity contribution is 5.87. The highest BCUT2D eigenvalue weighted by Crippen LogP contribution is 2.85. The average Bonchev–Trinajstić information content (AvgIpc) is 3.36. The predicted octanol–water partition coefficient (Wildman–Crippen LogP) is 2.55. The Bertz CT molecular complexity index is 710. The highest BCUT2D eigenvalue weighted by atomic mass is 16.5. The third-order valence-corrected chi connectivity index (χ3v) is 4.38. The van der Waals surface area contributed by atoms with E-state index in [9.17, 15) is 15.0 Å². The number of carboxylic acids is 1. The van der Waals surface area contributed by atoms with Crippen molar-refractivity contribution in [3.63, 3.8) is 0 Å². The number of carboxylic acid groups (broad SMARTS) is 1. The SMILES string of the molecule is C=NC=N/C(=C\C)Oc1ccc(O)c([C@@H]2[C@@H]3C[C@@]23C(=O)O)c1. The van der Waals surface area contributed by atoms with Gasteiger partial charge in [-0.1, -0.05) is 0 Å². The maximum atomic E-state index is 11.3. The summed E-state index contributed by atoms with van der Waals surface area (Å²) >= 11 is 0. The number of nitrogens with zero attached hydrogens (tertiary/aromatic N) is 2.